The number of hydrogen-bond acceptors (Lipinski definition) is 5. The van der Waals surface area contributed by atoms with Crippen LogP contribution in [0.2, 0.25) is 0 Å². The highest BCUT2D eigenvalue weighted by Crippen LogP contribution is 2.10. The number of nitrogens with one attached hydrogen (secondary N) is 1. The van der Waals surface area contributed by atoms with Crippen LogP contribution in [0, 0.1) is 0 Å². The lowest BCUT2D eigenvalue weighted by molar-refractivity contribution is 0.0528. The first-order valence-corrected chi connectivity index (χ1v) is 6.34. The summed E-state index contributed by atoms with van der Waals surface area (Å²) < 4.78 is 6.56. The molecule has 0 amide bonds. The van der Waals surface area contributed by atoms with Crippen LogP contribution >= 0.6 is 0 Å². The summed E-state index contributed by atoms with van der Waals surface area (Å²) in [6.45, 7) is 6.99. The molecule has 0 aliphatic rings. The fourth-order valence-corrected chi connectivity index (χ4v) is 1.68. The predicted molar refractivity (Wildman–Crippen MR) is 70.9 cm³/mol. The molecule has 0 aliphatic carbocycles. The Balaban J connectivity index is 2.24. The first-order valence-electron chi connectivity index (χ1n) is 6.34. The van der Waals surface area contributed by atoms with Crippen molar-refractivity contribution in [2.45, 2.75) is 33.4 Å². The minimum absolute atomic E-state index is 0.340. The Morgan fingerprint density at radius 2 is 2.26 bits per heavy atom. The molecule has 0 aliphatic heterocycles. The molecule has 1 N–H and O–H groups in total. The lowest BCUT2D eigenvalue weighted by Gasteiger charge is -2.07. The van der Waals surface area contributed by atoms with Crippen molar-refractivity contribution in [3.63, 3.8) is 0 Å². The van der Waals surface area contributed by atoms with Crippen LogP contribution in [-0.2, 0) is 11.3 Å². The molecular weight excluding hydrogens is 244 g/mol. The zero-order valence-electron chi connectivity index (χ0n) is 11.4. The van der Waals surface area contributed by atoms with Gasteiger partial charge in [0, 0.05) is 30.5 Å². The van der Waals surface area contributed by atoms with E-state index in [1.54, 1.807) is 17.6 Å². The van der Waals surface area contributed by atoms with Gasteiger partial charge in [-0.3, -0.25) is 0 Å². The molecule has 0 fully saturated rings. The van der Waals surface area contributed by atoms with E-state index in [4.69, 9.17) is 4.74 Å². The van der Waals surface area contributed by atoms with Gasteiger partial charge in [0.15, 0.2) is 5.65 Å². The molecule has 0 bridgehead atoms. The average Bonchev–Trinajstić information content (AvgIpc) is 2.79. The summed E-state index contributed by atoms with van der Waals surface area (Å²) in [5.74, 6) is -0.391. The highest BCUT2D eigenvalue weighted by atomic mass is 16.5. The number of aromatic nitrogens is 3. The molecule has 2 rings (SSSR count). The topological polar surface area (TPSA) is 68.5 Å². The second-order valence-corrected chi connectivity index (χ2v) is 4.54. The second kappa shape index (κ2) is 5.79. The SMILES string of the molecule is CCOC(=O)c1cnn2cc(CNC(C)C)cnc12. The van der Waals surface area contributed by atoms with E-state index < -0.39 is 5.97 Å². The number of hydrogen-bond donors (Lipinski definition) is 1. The van der Waals surface area contributed by atoms with Crippen molar-refractivity contribution in [1.82, 2.24) is 19.9 Å². The molecule has 2 aromatic heterocycles. The van der Waals surface area contributed by atoms with Crippen molar-refractivity contribution in [3.05, 3.63) is 29.7 Å². The average molecular weight is 262 g/mol. The van der Waals surface area contributed by atoms with Gasteiger partial charge in [-0.15, -0.1) is 0 Å². The lowest BCUT2D eigenvalue weighted by Crippen LogP contribution is -2.22. The molecule has 102 valence electrons. The van der Waals surface area contributed by atoms with E-state index >= 15 is 0 Å². The van der Waals surface area contributed by atoms with Crippen LogP contribution in [-0.4, -0.2) is 33.2 Å². The van der Waals surface area contributed by atoms with Crippen molar-refractivity contribution >= 4 is 11.6 Å². The molecule has 2 aromatic rings. The summed E-state index contributed by atoms with van der Waals surface area (Å²) in [5, 5.41) is 7.44. The fourth-order valence-electron chi connectivity index (χ4n) is 1.68. The van der Waals surface area contributed by atoms with Gasteiger partial charge in [0.05, 0.1) is 12.8 Å². The number of carbonyl (C=O) groups excluding carboxylic acids is 1. The van der Waals surface area contributed by atoms with Gasteiger partial charge in [-0.05, 0) is 6.92 Å². The van der Waals surface area contributed by atoms with E-state index in [0.717, 1.165) is 12.1 Å². The van der Waals surface area contributed by atoms with E-state index in [-0.39, 0.29) is 0 Å². The van der Waals surface area contributed by atoms with Gasteiger partial charge in [-0.2, -0.15) is 5.10 Å². The molecule has 0 saturated carbocycles. The summed E-state index contributed by atoms with van der Waals surface area (Å²) in [4.78, 5) is 16.0. The molecule has 0 radical (unpaired) electrons. The maximum absolute atomic E-state index is 11.7. The second-order valence-electron chi connectivity index (χ2n) is 4.54. The summed E-state index contributed by atoms with van der Waals surface area (Å²) in [6.07, 6.45) is 5.09. The fraction of sp³-hybridized carbons (Fsp3) is 0.462. The van der Waals surface area contributed by atoms with Crippen LogP contribution in [0.3, 0.4) is 0 Å². The molecule has 6 nitrogen and oxygen atoms in total. The summed E-state index contributed by atoms with van der Waals surface area (Å²) in [6, 6.07) is 0.406. The van der Waals surface area contributed by atoms with Crippen LogP contribution < -0.4 is 5.32 Å². The number of nitrogens with zero attached hydrogens (tertiary/aromatic N) is 3. The minimum Gasteiger partial charge on any atom is -0.462 e. The van der Waals surface area contributed by atoms with Gasteiger partial charge in [0.2, 0.25) is 0 Å². The van der Waals surface area contributed by atoms with Crippen LogP contribution in [0.5, 0.6) is 0 Å². The van der Waals surface area contributed by atoms with E-state index in [1.165, 1.54) is 6.20 Å². The van der Waals surface area contributed by atoms with Crippen molar-refractivity contribution in [2.75, 3.05) is 6.61 Å². The predicted octanol–water partition coefficient (Wildman–Crippen LogP) is 1.40. The van der Waals surface area contributed by atoms with E-state index in [0.29, 0.717) is 23.9 Å². The Labute approximate surface area is 111 Å². The Hall–Kier alpha value is -1.95. The third kappa shape index (κ3) is 3.08. The monoisotopic (exact) mass is 262 g/mol. The number of rotatable bonds is 5. The molecule has 0 spiro atoms. The van der Waals surface area contributed by atoms with Gasteiger partial charge in [-0.1, -0.05) is 13.8 Å². The van der Waals surface area contributed by atoms with Gasteiger partial charge < -0.3 is 10.1 Å². The first-order chi connectivity index (χ1) is 9.11. The standard InChI is InChI=1S/C13H18N4O2/c1-4-19-13(18)11-7-16-17-8-10(5-14-9(2)3)6-15-12(11)17/h6-9,14H,4-5H2,1-3H3. The molecule has 19 heavy (non-hydrogen) atoms. The smallest absolute Gasteiger partial charge is 0.343 e. The molecular formula is C13H18N4O2. The van der Waals surface area contributed by atoms with Crippen LogP contribution in [0.4, 0.5) is 0 Å². The Kier molecular flexibility index (Phi) is 4.11. The van der Waals surface area contributed by atoms with Gasteiger partial charge in [0.1, 0.15) is 5.56 Å². The number of ether oxygens (including phenoxy) is 1. The van der Waals surface area contributed by atoms with Crippen LogP contribution in [0.25, 0.3) is 5.65 Å². The number of esters is 1. The summed E-state index contributed by atoms with van der Waals surface area (Å²) >= 11 is 0. The molecule has 0 saturated heterocycles. The Bertz CT molecular complexity index is 577. The van der Waals surface area contributed by atoms with Gasteiger partial charge >= 0.3 is 5.97 Å². The minimum atomic E-state index is -0.391. The lowest BCUT2D eigenvalue weighted by atomic mass is 10.3. The maximum Gasteiger partial charge on any atom is 0.343 e. The highest BCUT2D eigenvalue weighted by Gasteiger charge is 2.14. The first kappa shape index (κ1) is 13.5. The number of fused-ring (bicyclic) bond motifs is 1. The number of carbonyl (C=O) groups is 1. The third-order valence-electron chi connectivity index (χ3n) is 2.62. The molecule has 6 heteroatoms. The largest absolute Gasteiger partial charge is 0.462 e. The normalized spacial score (nSPS) is 11.2. The van der Waals surface area contributed by atoms with Crippen molar-refractivity contribution < 1.29 is 9.53 Å². The molecule has 0 atom stereocenters. The van der Waals surface area contributed by atoms with Gasteiger partial charge in [0.25, 0.3) is 0 Å². The van der Waals surface area contributed by atoms with Crippen molar-refractivity contribution in [3.8, 4) is 0 Å². The van der Waals surface area contributed by atoms with E-state index in [2.05, 4.69) is 29.2 Å². The van der Waals surface area contributed by atoms with Crippen LogP contribution in [0.1, 0.15) is 36.7 Å². The maximum atomic E-state index is 11.7. The van der Waals surface area contributed by atoms with Gasteiger partial charge in [-0.25, -0.2) is 14.3 Å². The van der Waals surface area contributed by atoms with Crippen molar-refractivity contribution in [2.24, 2.45) is 0 Å². The van der Waals surface area contributed by atoms with E-state index in [9.17, 15) is 4.79 Å². The Morgan fingerprint density at radius 1 is 1.47 bits per heavy atom. The van der Waals surface area contributed by atoms with Crippen molar-refractivity contribution in [1.29, 1.82) is 0 Å². The molecule has 2 heterocycles. The zero-order chi connectivity index (χ0) is 13.8. The zero-order valence-corrected chi connectivity index (χ0v) is 11.4. The summed E-state index contributed by atoms with van der Waals surface area (Å²) in [7, 11) is 0. The molecule has 0 aromatic carbocycles. The quantitative estimate of drug-likeness (QED) is 0.825. The van der Waals surface area contributed by atoms with E-state index in [1.807, 2.05) is 6.20 Å². The van der Waals surface area contributed by atoms with Crippen LogP contribution in [0.15, 0.2) is 18.6 Å². The summed E-state index contributed by atoms with van der Waals surface area (Å²) in [5.41, 5.74) is 1.93. The Morgan fingerprint density at radius 3 is 2.95 bits per heavy atom. The third-order valence-corrected chi connectivity index (χ3v) is 2.62. The molecule has 0 unspecified atom stereocenters. The highest BCUT2D eigenvalue weighted by molar-refractivity contribution is 5.95.